The van der Waals surface area contributed by atoms with Crippen LogP contribution >= 0.6 is 11.3 Å². The summed E-state index contributed by atoms with van der Waals surface area (Å²) in [5.74, 6) is 0.726. The Balaban J connectivity index is 2.80. The molecule has 0 fully saturated rings. The molecule has 3 heteroatoms. The minimum Gasteiger partial charge on any atom is -0.254 e. The lowest BCUT2D eigenvalue weighted by Gasteiger charge is -1.90. The van der Waals surface area contributed by atoms with Crippen molar-refractivity contribution in [2.24, 2.45) is 0 Å². The highest BCUT2D eigenvalue weighted by molar-refractivity contribution is 7.87. The van der Waals surface area contributed by atoms with Crippen LogP contribution in [-0.4, -0.2) is 9.96 Å². The lowest BCUT2D eigenvalue weighted by molar-refractivity contribution is 0.685. The molecule has 0 saturated carbocycles. The van der Waals surface area contributed by atoms with Crippen molar-refractivity contribution in [3.8, 4) is 0 Å². The third kappa shape index (κ3) is 2.14. The monoisotopic (exact) mass is 188 g/mol. The smallest absolute Gasteiger partial charge is 0.0913 e. The van der Waals surface area contributed by atoms with Gasteiger partial charge in [-0.3, -0.25) is 4.21 Å². The molecule has 0 radical (unpaired) electrons. The van der Waals surface area contributed by atoms with Crippen molar-refractivity contribution in [1.82, 2.24) is 0 Å². The first kappa shape index (κ1) is 8.94. The van der Waals surface area contributed by atoms with Gasteiger partial charge in [-0.2, -0.15) is 0 Å². The van der Waals surface area contributed by atoms with Crippen molar-refractivity contribution in [1.29, 1.82) is 0 Å². The van der Waals surface area contributed by atoms with Crippen molar-refractivity contribution in [3.05, 3.63) is 17.0 Å². The van der Waals surface area contributed by atoms with Gasteiger partial charge >= 0.3 is 0 Å². The molecule has 0 N–H and O–H groups in total. The van der Waals surface area contributed by atoms with E-state index in [1.165, 1.54) is 4.88 Å². The summed E-state index contributed by atoms with van der Waals surface area (Å²) in [4.78, 5) is 1.32. The molecule has 1 nitrogen and oxygen atoms in total. The van der Waals surface area contributed by atoms with E-state index in [2.05, 4.69) is 13.0 Å². The first-order chi connectivity index (χ1) is 5.27. The van der Waals surface area contributed by atoms with E-state index in [1.807, 2.05) is 13.0 Å². The van der Waals surface area contributed by atoms with Crippen molar-refractivity contribution in [2.75, 3.05) is 5.75 Å². The predicted octanol–water partition coefficient (Wildman–Crippen LogP) is 2.44. The quantitative estimate of drug-likeness (QED) is 0.712. The summed E-state index contributed by atoms with van der Waals surface area (Å²) in [6.45, 7) is 4.06. The molecule has 0 aromatic carbocycles. The van der Waals surface area contributed by atoms with Gasteiger partial charge in [-0.1, -0.05) is 13.8 Å². The Bertz CT molecular complexity index is 252. The zero-order chi connectivity index (χ0) is 8.27. The molecule has 1 atom stereocenters. The van der Waals surface area contributed by atoms with E-state index in [9.17, 15) is 4.21 Å². The number of thiophene rings is 1. The summed E-state index contributed by atoms with van der Waals surface area (Å²) in [7, 11) is -0.753. The van der Waals surface area contributed by atoms with Crippen LogP contribution in [-0.2, 0) is 17.2 Å². The molecule has 11 heavy (non-hydrogen) atoms. The van der Waals surface area contributed by atoms with Gasteiger partial charge < -0.3 is 0 Å². The number of rotatable bonds is 3. The van der Waals surface area contributed by atoms with Crippen molar-refractivity contribution in [3.63, 3.8) is 0 Å². The lowest BCUT2D eigenvalue weighted by Crippen LogP contribution is -1.88. The first-order valence-corrected chi connectivity index (χ1v) is 5.88. The fourth-order valence-electron chi connectivity index (χ4n) is 0.813. The Labute approximate surface area is 73.9 Å². The second kappa shape index (κ2) is 4.02. The van der Waals surface area contributed by atoms with Crippen LogP contribution in [0.4, 0.5) is 0 Å². The lowest BCUT2D eigenvalue weighted by atomic mass is 10.4. The maximum Gasteiger partial charge on any atom is 0.0913 e. The fraction of sp³-hybridized carbons (Fsp3) is 0.500. The average Bonchev–Trinajstić information content (AvgIpc) is 2.50. The summed E-state index contributed by atoms with van der Waals surface area (Å²) in [6, 6.07) is 4.04. The second-order valence-electron chi connectivity index (χ2n) is 2.21. The molecule has 0 aliphatic heterocycles. The summed E-state index contributed by atoms with van der Waals surface area (Å²) < 4.78 is 12.3. The Morgan fingerprint density at radius 3 is 2.64 bits per heavy atom. The standard InChI is InChI=1S/C8H12OS2/c1-3-7-5-6-8(10-7)11(9)4-2/h5-6H,3-4H2,1-2H3. The van der Waals surface area contributed by atoms with Gasteiger partial charge in [0.25, 0.3) is 0 Å². The summed E-state index contributed by atoms with van der Waals surface area (Å²) >= 11 is 1.67. The van der Waals surface area contributed by atoms with Crippen molar-refractivity contribution >= 4 is 22.1 Å². The van der Waals surface area contributed by atoms with E-state index < -0.39 is 10.8 Å². The van der Waals surface area contributed by atoms with E-state index in [0.717, 1.165) is 16.4 Å². The fourth-order valence-corrected chi connectivity index (χ4v) is 3.04. The number of hydrogen-bond donors (Lipinski definition) is 0. The molecule has 62 valence electrons. The third-order valence-corrected chi connectivity index (χ3v) is 4.41. The Morgan fingerprint density at radius 1 is 1.45 bits per heavy atom. The maximum atomic E-state index is 11.3. The Hall–Kier alpha value is -0.150. The van der Waals surface area contributed by atoms with Crippen LogP contribution in [0.15, 0.2) is 16.3 Å². The van der Waals surface area contributed by atoms with Crippen LogP contribution < -0.4 is 0 Å². The molecule has 0 bridgehead atoms. The Kier molecular flexibility index (Phi) is 3.27. The van der Waals surface area contributed by atoms with Crippen molar-refractivity contribution < 1.29 is 4.21 Å². The van der Waals surface area contributed by atoms with E-state index in [1.54, 1.807) is 11.3 Å². The van der Waals surface area contributed by atoms with Crippen LogP contribution in [0.25, 0.3) is 0 Å². The topological polar surface area (TPSA) is 17.1 Å². The van der Waals surface area contributed by atoms with Gasteiger partial charge in [0.2, 0.25) is 0 Å². The van der Waals surface area contributed by atoms with E-state index in [4.69, 9.17) is 0 Å². The first-order valence-electron chi connectivity index (χ1n) is 3.75. The molecule has 0 amide bonds. The zero-order valence-corrected chi connectivity index (χ0v) is 8.43. The molecule has 0 aliphatic carbocycles. The van der Waals surface area contributed by atoms with Gasteiger partial charge in [-0.15, -0.1) is 11.3 Å². The third-order valence-electron chi connectivity index (χ3n) is 1.47. The summed E-state index contributed by atoms with van der Waals surface area (Å²) in [5.41, 5.74) is 0. The average molecular weight is 188 g/mol. The molecular weight excluding hydrogens is 176 g/mol. The van der Waals surface area contributed by atoms with Crippen LogP contribution in [0.3, 0.4) is 0 Å². The van der Waals surface area contributed by atoms with Gasteiger partial charge in [-0.05, 0) is 18.6 Å². The zero-order valence-electron chi connectivity index (χ0n) is 6.79. The predicted molar refractivity (Wildman–Crippen MR) is 50.6 cm³/mol. The molecule has 0 aliphatic rings. The molecule has 1 aromatic heterocycles. The van der Waals surface area contributed by atoms with Gasteiger partial charge in [-0.25, -0.2) is 0 Å². The molecule has 1 unspecified atom stereocenters. The van der Waals surface area contributed by atoms with Gasteiger partial charge in [0.15, 0.2) is 0 Å². The molecule has 0 spiro atoms. The van der Waals surface area contributed by atoms with Gasteiger partial charge in [0.1, 0.15) is 0 Å². The molecule has 1 rings (SSSR count). The summed E-state index contributed by atoms with van der Waals surface area (Å²) in [5, 5.41) is 0. The minimum atomic E-state index is -0.753. The highest BCUT2D eigenvalue weighted by atomic mass is 32.2. The van der Waals surface area contributed by atoms with Crippen LogP contribution in [0, 0.1) is 0 Å². The van der Waals surface area contributed by atoms with E-state index >= 15 is 0 Å². The SMILES string of the molecule is CCc1ccc(S(=O)CC)s1. The molecular formula is C8H12OS2. The number of hydrogen-bond acceptors (Lipinski definition) is 2. The normalized spacial score (nSPS) is 13.3. The van der Waals surface area contributed by atoms with E-state index in [0.29, 0.717) is 0 Å². The second-order valence-corrected chi connectivity index (χ2v) is 5.34. The molecule has 1 heterocycles. The van der Waals surface area contributed by atoms with Crippen LogP contribution in [0.5, 0.6) is 0 Å². The molecule has 1 aromatic rings. The Morgan fingerprint density at radius 2 is 2.18 bits per heavy atom. The maximum absolute atomic E-state index is 11.3. The van der Waals surface area contributed by atoms with Gasteiger partial charge in [0.05, 0.1) is 15.0 Å². The minimum absolute atomic E-state index is 0.726. The summed E-state index contributed by atoms with van der Waals surface area (Å²) in [6.07, 6.45) is 1.05. The van der Waals surface area contributed by atoms with E-state index in [-0.39, 0.29) is 0 Å². The van der Waals surface area contributed by atoms with Crippen LogP contribution in [0.2, 0.25) is 0 Å². The van der Waals surface area contributed by atoms with Crippen molar-refractivity contribution in [2.45, 2.75) is 24.5 Å². The number of aryl methyl sites for hydroxylation is 1. The van der Waals surface area contributed by atoms with Crippen LogP contribution in [0.1, 0.15) is 18.7 Å². The molecule has 0 saturated heterocycles. The largest absolute Gasteiger partial charge is 0.254 e. The highest BCUT2D eigenvalue weighted by Gasteiger charge is 2.03. The van der Waals surface area contributed by atoms with Gasteiger partial charge in [0, 0.05) is 10.6 Å². The highest BCUT2D eigenvalue weighted by Crippen LogP contribution is 2.20.